The van der Waals surface area contributed by atoms with Crippen LogP contribution in [-0.4, -0.2) is 11.6 Å². The minimum absolute atomic E-state index is 0.414. The van der Waals surface area contributed by atoms with Gasteiger partial charge >= 0.3 is 0 Å². The van der Waals surface area contributed by atoms with Gasteiger partial charge in [-0.1, -0.05) is 65.8 Å². The van der Waals surface area contributed by atoms with Crippen LogP contribution in [0.1, 0.15) is 16.4 Å². The summed E-state index contributed by atoms with van der Waals surface area (Å²) in [6.07, 6.45) is 0. The molecule has 2 aromatic carbocycles. The van der Waals surface area contributed by atoms with E-state index in [0.717, 1.165) is 16.6 Å². The lowest BCUT2D eigenvalue weighted by Crippen LogP contribution is -1.94. The molecule has 0 bridgehead atoms. The summed E-state index contributed by atoms with van der Waals surface area (Å²) in [4.78, 5) is 4.63. The first kappa shape index (κ1) is 11.8. The van der Waals surface area contributed by atoms with E-state index in [1.165, 1.54) is 11.1 Å². The Morgan fingerprint density at radius 1 is 1.00 bits per heavy atom. The third kappa shape index (κ3) is 2.45. The average molecular weight is 274 g/mol. The van der Waals surface area contributed by atoms with Crippen molar-refractivity contribution >= 4 is 28.4 Å². The van der Waals surface area contributed by atoms with Crippen molar-refractivity contribution in [3.05, 3.63) is 70.7 Å². The first-order chi connectivity index (χ1) is 8.83. The lowest BCUT2D eigenvalue weighted by Gasteiger charge is -2.08. The maximum absolute atomic E-state index is 5.91. The van der Waals surface area contributed by atoms with Crippen molar-refractivity contribution in [1.29, 1.82) is 0 Å². The van der Waals surface area contributed by atoms with E-state index in [2.05, 4.69) is 29.3 Å². The smallest absolute Gasteiger partial charge is 0.0984 e. The number of aliphatic imine (C=N–C) groups is 1. The Hall–Kier alpha value is -1.25. The summed E-state index contributed by atoms with van der Waals surface area (Å²) in [6.45, 7) is 0.844. The fourth-order valence-electron chi connectivity index (χ4n) is 1.97. The van der Waals surface area contributed by atoms with Gasteiger partial charge in [-0.2, -0.15) is 0 Å². The van der Waals surface area contributed by atoms with Crippen molar-refractivity contribution in [2.75, 3.05) is 6.54 Å². The average Bonchev–Trinajstić information content (AvgIpc) is 2.90. The van der Waals surface area contributed by atoms with Crippen LogP contribution in [0.15, 0.2) is 59.6 Å². The van der Waals surface area contributed by atoms with E-state index in [9.17, 15) is 0 Å². The fourth-order valence-corrected chi connectivity index (χ4v) is 3.23. The topological polar surface area (TPSA) is 12.4 Å². The highest BCUT2D eigenvalue weighted by Gasteiger charge is 2.21. The van der Waals surface area contributed by atoms with E-state index in [1.54, 1.807) is 0 Å². The minimum Gasteiger partial charge on any atom is -0.276 e. The molecular formula is C15H12ClNS. The molecule has 0 aliphatic carbocycles. The predicted molar refractivity (Wildman–Crippen MR) is 79.6 cm³/mol. The van der Waals surface area contributed by atoms with Gasteiger partial charge in [-0.05, 0) is 17.7 Å². The third-order valence-corrected chi connectivity index (χ3v) is 4.46. The molecule has 1 aliphatic rings. The quantitative estimate of drug-likeness (QED) is 0.780. The molecule has 1 heterocycles. The monoisotopic (exact) mass is 273 g/mol. The van der Waals surface area contributed by atoms with Gasteiger partial charge < -0.3 is 0 Å². The number of benzene rings is 2. The number of nitrogens with zero attached hydrogens (tertiary/aromatic N) is 1. The highest BCUT2D eigenvalue weighted by atomic mass is 35.5. The molecule has 0 fully saturated rings. The van der Waals surface area contributed by atoms with Gasteiger partial charge in [-0.25, -0.2) is 0 Å². The SMILES string of the molecule is Clc1ccc(C2CN=C(c3ccccc3)S2)cc1. The Balaban J connectivity index is 1.76. The van der Waals surface area contributed by atoms with Gasteiger partial charge in [0.05, 0.1) is 16.8 Å². The van der Waals surface area contributed by atoms with Crippen LogP contribution in [0.3, 0.4) is 0 Å². The standard InChI is InChI=1S/C15H12ClNS/c16-13-8-6-11(7-9-13)14-10-17-15(18-14)12-4-2-1-3-5-12/h1-9,14H,10H2. The lowest BCUT2D eigenvalue weighted by atomic mass is 10.1. The second-order valence-electron chi connectivity index (χ2n) is 4.17. The zero-order valence-electron chi connectivity index (χ0n) is 9.71. The van der Waals surface area contributed by atoms with Crippen LogP contribution in [0.4, 0.5) is 0 Å². The van der Waals surface area contributed by atoms with Crippen molar-refractivity contribution in [2.45, 2.75) is 5.25 Å². The van der Waals surface area contributed by atoms with Crippen molar-refractivity contribution in [1.82, 2.24) is 0 Å². The molecule has 0 spiro atoms. The molecule has 1 aliphatic heterocycles. The first-order valence-corrected chi connectivity index (χ1v) is 7.11. The summed E-state index contributed by atoms with van der Waals surface area (Å²) < 4.78 is 0. The van der Waals surface area contributed by atoms with Gasteiger partial charge in [0, 0.05) is 10.6 Å². The van der Waals surface area contributed by atoms with Gasteiger partial charge in [-0.3, -0.25) is 4.99 Å². The summed E-state index contributed by atoms with van der Waals surface area (Å²) in [5.41, 5.74) is 2.50. The number of thioether (sulfide) groups is 1. The molecule has 0 saturated heterocycles. The highest BCUT2D eigenvalue weighted by Crippen LogP contribution is 2.37. The Kier molecular flexibility index (Phi) is 3.39. The second kappa shape index (κ2) is 5.17. The Labute approximate surface area is 116 Å². The van der Waals surface area contributed by atoms with Crippen LogP contribution >= 0.6 is 23.4 Å². The van der Waals surface area contributed by atoms with E-state index < -0.39 is 0 Å². The zero-order valence-corrected chi connectivity index (χ0v) is 11.3. The van der Waals surface area contributed by atoms with Gasteiger partial charge in [0.25, 0.3) is 0 Å². The van der Waals surface area contributed by atoms with Crippen LogP contribution in [0.5, 0.6) is 0 Å². The van der Waals surface area contributed by atoms with Crippen molar-refractivity contribution in [3.63, 3.8) is 0 Å². The number of rotatable bonds is 2. The van der Waals surface area contributed by atoms with E-state index in [1.807, 2.05) is 42.1 Å². The molecule has 1 unspecified atom stereocenters. The maximum atomic E-state index is 5.91. The van der Waals surface area contributed by atoms with Crippen LogP contribution in [0.25, 0.3) is 0 Å². The molecule has 0 N–H and O–H groups in total. The second-order valence-corrected chi connectivity index (χ2v) is 5.80. The summed E-state index contributed by atoms with van der Waals surface area (Å²) in [5.74, 6) is 0. The molecule has 0 aromatic heterocycles. The first-order valence-electron chi connectivity index (χ1n) is 5.85. The van der Waals surface area contributed by atoms with Crippen LogP contribution in [0, 0.1) is 0 Å². The molecule has 3 heteroatoms. The number of hydrogen-bond donors (Lipinski definition) is 0. The van der Waals surface area contributed by atoms with Gasteiger partial charge in [0.1, 0.15) is 0 Å². The van der Waals surface area contributed by atoms with Crippen LogP contribution < -0.4 is 0 Å². The van der Waals surface area contributed by atoms with E-state index in [-0.39, 0.29) is 0 Å². The van der Waals surface area contributed by atoms with E-state index in [4.69, 9.17) is 11.6 Å². The largest absolute Gasteiger partial charge is 0.276 e. The minimum atomic E-state index is 0.414. The van der Waals surface area contributed by atoms with Gasteiger partial charge in [0.15, 0.2) is 0 Å². The van der Waals surface area contributed by atoms with E-state index >= 15 is 0 Å². The van der Waals surface area contributed by atoms with Crippen molar-refractivity contribution < 1.29 is 0 Å². The summed E-state index contributed by atoms with van der Waals surface area (Å²) >= 11 is 7.74. The number of halogens is 1. The summed E-state index contributed by atoms with van der Waals surface area (Å²) in [5, 5.41) is 2.33. The molecule has 18 heavy (non-hydrogen) atoms. The molecule has 3 rings (SSSR count). The third-order valence-electron chi connectivity index (χ3n) is 2.92. The molecule has 1 nitrogen and oxygen atoms in total. The number of hydrogen-bond acceptors (Lipinski definition) is 2. The fraction of sp³-hybridized carbons (Fsp3) is 0.133. The molecule has 2 aromatic rings. The summed E-state index contributed by atoms with van der Waals surface area (Å²) in [7, 11) is 0. The lowest BCUT2D eigenvalue weighted by molar-refractivity contribution is 0.966. The Morgan fingerprint density at radius 3 is 2.44 bits per heavy atom. The Morgan fingerprint density at radius 2 is 1.72 bits per heavy atom. The van der Waals surface area contributed by atoms with Crippen LogP contribution in [0.2, 0.25) is 5.02 Å². The van der Waals surface area contributed by atoms with Crippen molar-refractivity contribution in [3.8, 4) is 0 Å². The molecule has 0 saturated carbocycles. The van der Waals surface area contributed by atoms with Crippen LogP contribution in [-0.2, 0) is 0 Å². The molecule has 90 valence electrons. The molecular weight excluding hydrogens is 262 g/mol. The van der Waals surface area contributed by atoms with Gasteiger partial charge in [0.2, 0.25) is 0 Å². The maximum Gasteiger partial charge on any atom is 0.0984 e. The summed E-state index contributed by atoms with van der Waals surface area (Å²) in [6, 6.07) is 18.4. The predicted octanol–water partition coefficient (Wildman–Crippen LogP) is 4.57. The molecule has 0 amide bonds. The molecule has 0 radical (unpaired) electrons. The highest BCUT2D eigenvalue weighted by molar-refractivity contribution is 8.14. The van der Waals surface area contributed by atoms with E-state index in [0.29, 0.717) is 5.25 Å². The zero-order chi connectivity index (χ0) is 12.4. The normalized spacial score (nSPS) is 18.7. The van der Waals surface area contributed by atoms with Gasteiger partial charge in [-0.15, -0.1) is 0 Å². The molecule has 1 atom stereocenters. The van der Waals surface area contributed by atoms with Crippen molar-refractivity contribution in [2.24, 2.45) is 4.99 Å². The Bertz CT molecular complexity index is 563.